The van der Waals surface area contributed by atoms with E-state index in [0.717, 1.165) is 17.8 Å². The molecule has 1 aliphatic carbocycles. The number of aromatic amines is 1. The van der Waals surface area contributed by atoms with E-state index in [1.165, 1.54) is 12.8 Å². The van der Waals surface area contributed by atoms with Crippen LogP contribution in [0.4, 0.5) is 5.82 Å². The van der Waals surface area contributed by atoms with Crippen molar-refractivity contribution < 1.29 is 9.53 Å². The third-order valence-corrected chi connectivity index (χ3v) is 4.81. The van der Waals surface area contributed by atoms with Crippen LogP contribution in [-0.2, 0) is 4.74 Å². The number of hydrogen-bond donors (Lipinski definition) is 3. The Hall–Kier alpha value is -2.41. The van der Waals surface area contributed by atoms with Gasteiger partial charge in [0.1, 0.15) is 17.3 Å². The quantitative estimate of drug-likeness (QED) is 0.773. The number of aryl methyl sites for hydroxylation is 1. The van der Waals surface area contributed by atoms with E-state index < -0.39 is 0 Å². The Morgan fingerprint density at radius 3 is 2.96 bits per heavy atom. The fourth-order valence-corrected chi connectivity index (χ4v) is 3.33. The Balaban J connectivity index is 1.45. The van der Waals surface area contributed by atoms with Gasteiger partial charge in [-0.3, -0.25) is 4.79 Å². The van der Waals surface area contributed by atoms with Crippen LogP contribution in [0.1, 0.15) is 47.1 Å². The molecular formula is C18H23N5O2. The van der Waals surface area contributed by atoms with Crippen LogP contribution in [0, 0.1) is 6.92 Å². The summed E-state index contributed by atoms with van der Waals surface area (Å²) in [6.45, 7) is 3.03. The predicted molar refractivity (Wildman–Crippen MR) is 93.6 cm³/mol. The van der Waals surface area contributed by atoms with E-state index in [-0.39, 0.29) is 18.0 Å². The lowest BCUT2D eigenvalue weighted by Crippen LogP contribution is -2.52. The van der Waals surface area contributed by atoms with Crippen molar-refractivity contribution in [2.24, 2.45) is 0 Å². The van der Waals surface area contributed by atoms with Crippen LogP contribution in [-0.4, -0.2) is 46.2 Å². The molecule has 0 spiro atoms. The lowest BCUT2D eigenvalue weighted by molar-refractivity contribution is 0.0618. The second-order valence-corrected chi connectivity index (χ2v) is 6.77. The summed E-state index contributed by atoms with van der Waals surface area (Å²) in [6, 6.07) is 3.82. The highest BCUT2D eigenvalue weighted by molar-refractivity contribution is 5.94. The van der Waals surface area contributed by atoms with Gasteiger partial charge in [-0.15, -0.1) is 0 Å². The average molecular weight is 341 g/mol. The van der Waals surface area contributed by atoms with Crippen LogP contribution in [0.3, 0.4) is 0 Å². The average Bonchev–Trinajstić information content (AvgIpc) is 3.33. The van der Waals surface area contributed by atoms with Gasteiger partial charge in [-0.1, -0.05) is 0 Å². The fraction of sp³-hybridized carbons (Fsp3) is 0.500. The molecule has 2 aromatic heterocycles. The Kier molecular flexibility index (Phi) is 4.40. The van der Waals surface area contributed by atoms with Gasteiger partial charge in [0.2, 0.25) is 0 Å². The highest BCUT2D eigenvalue weighted by atomic mass is 16.5. The molecule has 0 bridgehead atoms. The van der Waals surface area contributed by atoms with Crippen molar-refractivity contribution in [1.29, 1.82) is 0 Å². The summed E-state index contributed by atoms with van der Waals surface area (Å²) in [5.74, 6) is 1.97. The molecule has 3 N–H and O–H groups in total. The molecule has 0 radical (unpaired) electrons. The van der Waals surface area contributed by atoms with Crippen LogP contribution < -0.4 is 10.6 Å². The Morgan fingerprint density at radius 2 is 2.16 bits per heavy atom. The summed E-state index contributed by atoms with van der Waals surface area (Å²) >= 11 is 0. The Labute approximate surface area is 146 Å². The topological polar surface area (TPSA) is 91.9 Å². The van der Waals surface area contributed by atoms with Gasteiger partial charge in [-0.05, 0) is 49.8 Å². The number of carbonyl (C=O) groups excluding carboxylic acids is 1. The molecule has 0 unspecified atom stereocenters. The van der Waals surface area contributed by atoms with Gasteiger partial charge in [0.15, 0.2) is 0 Å². The monoisotopic (exact) mass is 341 g/mol. The summed E-state index contributed by atoms with van der Waals surface area (Å²) in [5.41, 5.74) is 1.84. The third kappa shape index (κ3) is 3.66. The van der Waals surface area contributed by atoms with Crippen molar-refractivity contribution in [2.45, 2.75) is 44.2 Å². The minimum Gasteiger partial charge on any atom is -0.379 e. The number of carbonyl (C=O) groups is 1. The number of amides is 1. The maximum absolute atomic E-state index is 12.7. The van der Waals surface area contributed by atoms with Gasteiger partial charge >= 0.3 is 0 Å². The van der Waals surface area contributed by atoms with E-state index in [4.69, 9.17) is 4.74 Å². The Bertz CT molecular complexity index is 755. The van der Waals surface area contributed by atoms with Gasteiger partial charge < -0.3 is 20.4 Å². The van der Waals surface area contributed by atoms with Crippen molar-refractivity contribution in [3.05, 3.63) is 41.6 Å². The van der Waals surface area contributed by atoms with Crippen LogP contribution >= 0.6 is 0 Å². The smallest absolute Gasteiger partial charge is 0.268 e. The minimum atomic E-state index is -0.0375. The highest BCUT2D eigenvalue weighted by Crippen LogP contribution is 2.41. The number of nitrogens with one attached hydrogen (secondary N) is 3. The molecule has 1 amide bonds. The predicted octanol–water partition coefficient (Wildman–Crippen LogP) is 1.99. The van der Waals surface area contributed by atoms with Gasteiger partial charge in [-0.2, -0.15) is 0 Å². The summed E-state index contributed by atoms with van der Waals surface area (Å²) in [6.07, 6.45) is 6.70. The van der Waals surface area contributed by atoms with Crippen LogP contribution in [0.25, 0.3) is 0 Å². The second kappa shape index (κ2) is 6.84. The minimum absolute atomic E-state index is 0.00752. The van der Waals surface area contributed by atoms with E-state index in [1.54, 1.807) is 6.20 Å². The first-order valence-corrected chi connectivity index (χ1v) is 8.83. The molecule has 7 heteroatoms. The van der Waals surface area contributed by atoms with E-state index in [9.17, 15) is 4.79 Å². The lowest BCUT2D eigenvalue weighted by atomic mass is 10.0. The molecule has 1 aliphatic heterocycles. The molecule has 4 rings (SSSR count). The molecule has 25 heavy (non-hydrogen) atoms. The molecule has 7 nitrogen and oxygen atoms in total. The van der Waals surface area contributed by atoms with Crippen molar-refractivity contribution in [3.63, 3.8) is 0 Å². The number of rotatable bonds is 5. The summed E-state index contributed by atoms with van der Waals surface area (Å²) in [4.78, 5) is 24.3. The molecule has 1 saturated carbocycles. The molecular weight excluding hydrogens is 318 g/mol. The number of anilines is 1. The molecule has 1 saturated heterocycles. The molecule has 132 valence electrons. The largest absolute Gasteiger partial charge is 0.379 e. The third-order valence-electron chi connectivity index (χ3n) is 4.81. The van der Waals surface area contributed by atoms with Crippen LogP contribution in [0.2, 0.25) is 0 Å². The summed E-state index contributed by atoms with van der Waals surface area (Å²) in [5, 5.41) is 6.54. The maximum Gasteiger partial charge on any atom is 0.268 e. The van der Waals surface area contributed by atoms with Gasteiger partial charge in [0, 0.05) is 19.0 Å². The van der Waals surface area contributed by atoms with Crippen molar-refractivity contribution in [1.82, 2.24) is 20.3 Å². The molecule has 0 aromatic carbocycles. The van der Waals surface area contributed by atoms with E-state index in [2.05, 4.69) is 25.6 Å². The standard InChI is InChI=1S/C18H23N5O2/c1-11-19-8-5-16(21-11)22-15-10-25-9-6-14(15)23-18(24)17-13(4-7-20-17)12-2-3-12/h4-5,7-8,12,14-15,20H,2-3,6,9-10H2,1H3,(H,23,24)(H,19,21,22)/t14-,15+/m0/s1. The molecule has 2 aliphatic rings. The zero-order valence-electron chi connectivity index (χ0n) is 14.3. The van der Waals surface area contributed by atoms with E-state index in [0.29, 0.717) is 30.7 Å². The number of hydrogen-bond acceptors (Lipinski definition) is 5. The van der Waals surface area contributed by atoms with Crippen molar-refractivity contribution in [3.8, 4) is 0 Å². The molecule has 2 aromatic rings. The first-order chi connectivity index (χ1) is 12.2. The first-order valence-electron chi connectivity index (χ1n) is 8.83. The SMILES string of the molecule is Cc1nccc(N[C@@H]2COCC[C@@H]2NC(=O)c2[nH]ccc2C2CC2)n1. The normalized spacial score (nSPS) is 23.2. The lowest BCUT2D eigenvalue weighted by Gasteiger charge is -2.33. The van der Waals surface area contributed by atoms with Crippen molar-refractivity contribution in [2.75, 3.05) is 18.5 Å². The second-order valence-electron chi connectivity index (χ2n) is 6.77. The number of H-pyrrole nitrogens is 1. The maximum atomic E-state index is 12.7. The van der Waals surface area contributed by atoms with Gasteiger partial charge in [0.25, 0.3) is 5.91 Å². The van der Waals surface area contributed by atoms with Gasteiger partial charge in [-0.25, -0.2) is 9.97 Å². The zero-order valence-corrected chi connectivity index (χ0v) is 14.3. The van der Waals surface area contributed by atoms with Gasteiger partial charge in [0.05, 0.1) is 18.7 Å². The number of ether oxygens (including phenoxy) is 1. The molecule has 3 heterocycles. The zero-order chi connectivity index (χ0) is 17.2. The Morgan fingerprint density at radius 1 is 1.28 bits per heavy atom. The molecule has 2 fully saturated rings. The van der Waals surface area contributed by atoms with E-state index >= 15 is 0 Å². The first kappa shape index (κ1) is 16.1. The van der Waals surface area contributed by atoms with Crippen LogP contribution in [0.15, 0.2) is 24.5 Å². The van der Waals surface area contributed by atoms with Crippen molar-refractivity contribution >= 4 is 11.7 Å². The summed E-state index contributed by atoms with van der Waals surface area (Å²) in [7, 11) is 0. The fourth-order valence-electron chi connectivity index (χ4n) is 3.33. The highest BCUT2D eigenvalue weighted by Gasteiger charge is 2.32. The van der Waals surface area contributed by atoms with E-state index in [1.807, 2.05) is 25.3 Å². The summed E-state index contributed by atoms with van der Waals surface area (Å²) < 4.78 is 5.59. The number of nitrogens with zero attached hydrogens (tertiary/aromatic N) is 2. The van der Waals surface area contributed by atoms with Crippen LogP contribution in [0.5, 0.6) is 0 Å². The molecule has 2 atom stereocenters. The number of aromatic nitrogens is 3.